The fourth-order valence-corrected chi connectivity index (χ4v) is 2.06. The molecule has 2 N–H and O–H groups in total. The van der Waals surface area contributed by atoms with Crippen LogP contribution in [0.2, 0.25) is 0 Å². The smallest absolute Gasteiger partial charge is 0.306 e. The minimum absolute atomic E-state index is 0.0579. The van der Waals surface area contributed by atoms with E-state index in [1.54, 1.807) is 13.3 Å². The third-order valence-electron chi connectivity index (χ3n) is 3.21. The minimum Gasteiger partial charge on any atom is -0.497 e. The van der Waals surface area contributed by atoms with E-state index >= 15 is 0 Å². The van der Waals surface area contributed by atoms with Crippen molar-refractivity contribution in [2.75, 3.05) is 26.1 Å². The van der Waals surface area contributed by atoms with Gasteiger partial charge in [0, 0.05) is 25.2 Å². The standard InChI is InChI=1S/C15H18N2O4/c1-20-11-4-3-10-5-6-16-15(13(10)7-11)17-9-12(21-2)8-14(18)19/h3-7,12H,8-9H2,1-2H3,(H,16,17)(H,18,19). The molecule has 2 rings (SSSR count). The maximum atomic E-state index is 10.7. The third kappa shape index (κ3) is 3.82. The summed E-state index contributed by atoms with van der Waals surface area (Å²) in [6.45, 7) is 0.367. The Hall–Kier alpha value is -2.34. The molecule has 6 nitrogen and oxygen atoms in total. The first-order valence-corrected chi connectivity index (χ1v) is 6.55. The van der Waals surface area contributed by atoms with Gasteiger partial charge < -0.3 is 19.9 Å². The molecule has 0 bridgehead atoms. The molecule has 2 aromatic rings. The van der Waals surface area contributed by atoms with Crippen molar-refractivity contribution in [2.24, 2.45) is 0 Å². The number of carbonyl (C=O) groups is 1. The van der Waals surface area contributed by atoms with Gasteiger partial charge in [0.15, 0.2) is 0 Å². The second kappa shape index (κ2) is 6.90. The average molecular weight is 290 g/mol. The van der Waals surface area contributed by atoms with Gasteiger partial charge in [-0.25, -0.2) is 4.98 Å². The highest BCUT2D eigenvalue weighted by atomic mass is 16.5. The summed E-state index contributed by atoms with van der Waals surface area (Å²) in [6.07, 6.45) is 1.23. The number of hydrogen-bond acceptors (Lipinski definition) is 5. The van der Waals surface area contributed by atoms with Gasteiger partial charge in [0.1, 0.15) is 11.6 Å². The van der Waals surface area contributed by atoms with Crippen LogP contribution in [0, 0.1) is 0 Å². The first-order chi connectivity index (χ1) is 10.1. The highest BCUT2D eigenvalue weighted by molar-refractivity contribution is 5.92. The van der Waals surface area contributed by atoms with E-state index in [0.29, 0.717) is 12.4 Å². The lowest BCUT2D eigenvalue weighted by Crippen LogP contribution is -2.25. The minimum atomic E-state index is -0.892. The molecule has 0 aliphatic rings. The highest BCUT2D eigenvalue weighted by Gasteiger charge is 2.13. The van der Waals surface area contributed by atoms with E-state index in [0.717, 1.165) is 16.5 Å². The van der Waals surface area contributed by atoms with Crippen molar-refractivity contribution < 1.29 is 19.4 Å². The Labute approximate surface area is 122 Å². The van der Waals surface area contributed by atoms with Gasteiger partial charge in [0.25, 0.3) is 0 Å². The van der Waals surface area contributed by atoms with Gasteiger partial charge in [0.2, 0.25) is 0 Å². The van der Waals surface area contributed by atoms with Crippen LogP contribution in [0.1, 0.15) is 6.42 Å². The molecule has 0 radical (unpaired) electrons. The Morgan fingerprint density at radius 3 is 2.86 bits per heavy atom. The average Bonchev–Trinajstić information content (AvgIpc) is 2.50. The summed E-state index contributed by atoms with van der Waals surface area (Å²) in [6, 6.07) is 7.63. The molecule has 0 aliphatic heterocycles. The van der Waals surface area contributed by atoms with E-state index < -0.39 is 12.1 Å². The molecule has 1 atom stereocenters. The van der Waals surface area contributed by atoms with Crippen LogP contribution in [0.15, 0.2) is 30.5 Å². The summed E-state index contributed by atoms with van der Waals surface area (Å²) in [5, 5.41) is 13.9. The zero-order chi connectivity index (χ0) is 15.2. The lowest BCUT2D eigenvalue weighted by atomic mass is 10.1. The fraction of sp³-hybridized carbons (Fsp3) is 0.333. The predicted molar refractivity (Wildman–Crippen MR) is 79.8 cm³/mol. The van der Waals surface area contributed by atoms with E-state index in [-0.39, 0.29) is 6.42 Å². The van der Waals surface area contributed by atoms with E-state index in [9.17, 15) is 4.79 Å². The number of methoxy groups -OCH3 is 2. The Morgan fingerprint density at radius 1 is 1.38 bits per heavy atom. The van der Waals surface area contributed by atoms with Crippen LogP contribution in [0.5, 0.6) is 5.75 Å². The monoisotopic (exact) mass is 290 g/mol. The van der Waals surface area contributed by atoms with Crippen molar-refractivity contribution in [1.82, 2.24) is 4.98 Å². The van der Waals surface area contributed by atoms with Gasteiger partial charge in [-0.2, -0.15) is 0 Å². The van der Waals surface area contributed by atoms with Gasteiger partial charge in [-0.15, -0.1) is 0 Å². The van der Waals surface area contributed by atoms with E-state index in [2.05, 4.69) is 10.3 Å². The van der Waals surface area contributed by atoms with Crippen LogP contribution in [-0.2, 0) is 9.53 Å². The summed E-state index contributed by atoms with van der Waals surface area (Å²) in [4.78, 5) is 15.0. The van der Waals surface area contributed by atoms with Crippen LogP contribution < -0.4 is 10.1 Å². The molecular formula is C15H18N2O4. The number of nitrogens with one attached hydrogen (secondary N) is 1. The molecule has 1 aromatic heterocycles. The van der Waals surface area contributed by atoms with E-state index in [1.165, 1.54) is 7.11 Å². The molecule has 0 saturated heterocycles. The van der Waals surface area contributed by atoms with Crippen LogP contribution in [0.25, 0.3) is 10.8 Å². The van der Waals surface area contributed by atoms with Crippen molar-refractivity contribution in [3.05, 3.63) is 30.5 Å². The second-order valence-electron chi connectivity index (χ2n) is 4.58. The van der Waals surface area contributed by atoms with Crippen LogP contribution in [0.3, 0.4) is 0 Å². The molecule has 0 aliphatic carbocycles. The number of benzene rings is 1. The summed E-state index contributed by atoms with van der Waals surface area (Å²) in [7, 11) is 3.10. The molecular weight excluding hydrogens is 272 g/mol. The van der Waals surface area contributed by atoms with Crippen LogP contribution in [0.4, 0.5) is 5.82 Å². The van der Waals surface area contributed by atoms with Gasteiger partial charge >= 0.3 is 5.97 Å². The summed E-state index contributed by atoms with van der Waals surface area (Å²) < 4.78 is 10.4. The maximum absolute atomic E-state index is 10.7. The lowest BCUT2D eigenvalue weighted by Gasteiger charge is -2.15. The molecule has 0 saturated carbocycles. The van der Waals surface area contributed by atoms with Crippen molar-refractivity contribution in [3.8, 4) is 5.75 Å². The summed E-state index contributed by atoms with van der Waals surface area (Å²) in [5.41, 5.74) is 0. The first-order valence-electron chi connectivity index (χ1n) is 6.55. The Balaban J connectivity index is 2.19. The number of aromatic nitrogens is 1. The SMILES string of the molecule is COc1ccc2ccnc(NCC(CC(=O)O)OC)c2c1. The van der Waals surface area contributed by atoms with Crippen molar-refractivity contribution in [2.45, 2.75) is 12.5 Å². The van der Waals surface area contributed by atoms with Crippen molar-refractivity contribution in [1.29, 1.82) is 0 Å². The second-order valence-corrected chi connectivity index (χ2v) is 4.58. The number of aliphatic carboxylic acids is 1. The number of carboxylic acid groups (broad SMARTS) is 1. The van der Waals surface area contributed by atoms with E-state index in [1.807, 2.05) is 24.3 Å². The van der Waals surface area contributed by atoms with Gasteiger partial charge in [0.05, 0.1) is 19.6 Å². The fourth-order valence-electron chi connectivity index (χ4n) is 2.06. The molecule has 1 unspecified atom stereocenters. The quantitative estimate of drug-likeness (QED) is 0.813. The zero-order valence-electron chi connectivity index (χ0n) is 12.0. The highest BCUT2D eigenvalue weighted by Crippen LogP contribution is 2.25. The third-order valence-corrected chi connectivity index (χ3v) is 3.21. The number of ether oxygens (including phenoxy) is 2. The van der Waals surface area contributed by atoms with Crippen LogP contribution in [-0.4, -0.2) is 42.9 Å². The topological polar surface area (TPSA) is 80.7 Å². The number of anilines is 1. The lowest BCUT2D eigenvalue weighted by molar-refractivity contribution is -0.139. The molecule has 1 aromatic carbocycles. The molecule has 0 fully saturated rings. The Morgan fingerprint density at radius 2 is 2.19 bits per heavy atom. The van der Waals surface area contributed by atoms with Crippen molar-refractivity contribution >= 4 is 22.6 Å². The Kier molecular flexibility index (Phi) is 4.94. The molecule has 0 amide bonds. The number of carboxylic acids is 1. The first kappa shape index (κ1) is 15.1. The van der Waals surface area contributed by atoms with Crippen LogP contribution >= 0.6 is 0 Å². The molecule has 21 heavy (non-hydrogen) atoms. The Bertz CT molecular complexity index is 630. The molecule has 112 valence electrons. The largest absolute Gasteiger partial charge is 0.497 e. The zero-order valence-corrected chi connectivity index (χ0v) is 12.0. The van der Waals surface area contributed by atoms with Gasteiger partial charge in [-0.05, 0) is 23.6 Å². The van der Waals surface area contributed by atoms with Crippen molar-refractivity contribution in [3.63, 3.8) is 0 Å². The summed E-state index contributed by atoms with van der Waals surface area (Å²) in [5.74, 6) is 0.530. The van der Waals surface area contributed by atoms with Gasteiger partial charge in [-0.3, -0.25) is 4.79 Å². The molecule has 1 heterocycles. The molecule has 6 heteroatoms. The normalized spacial score (nSPS) is 12.1. The maximum Gasteiger partial charge on any atom is 0.306 e. The predicted octanol–water partition coefficient (Wildman–Crippen LogP) is 2.14. The summed E-state index contributed by atoms with van der Waals surface area (Å²) >= 11 is 0. The number of rotatable bonds is 7. The number of pyridine rings is 1. The number of hydrogen-bond donors (Lipinski definition) is 2. The number of nitrogens with zero attached hydrogens (tertiary/aromatic N) is 1. The number of fused-ring (bicyclic) bond motifs is 1. The molecule has 0 spiro atoms. The van der Waals surface area contributed by atoms with Gasteiger partial charge in [-0.1, -0.05) is 6.07 Å². The van der Waals surface area contributed by atoms with E-state index in [4.69, 9.17) is 14.6 Å².